The van der Waals surface area contributed by atoms with Gasteiger partial charge in [0.15, 0.2) is 0 Å². The average Bonchev–Trinajstić information content (AvgIpc) is 3.07. The maximum absolute atomic E-state index is 11.9. The zero-order chi connectivity index (χ0) is 15.5. The van der Waals surface area contributed by atoms with E-state index in [0.29, 0.717) is 0 Å². The van der Waals surface area contributed by atoms with Crippen molar-refractivity contribution < 1.29 is 9.90 Å². The summed E-state index contributed by atoms with van der Waals surface area (Å²) < 4.78 is 1.69. The van der Waals surface area contributed by atoms with Crippen LogP contribution in [0.3, 0.4) is 0 Å². The Labute approximate surface area is 127 Å². The Kier molecular flexibility index (Phi) is 4.64. The topological polar surface area (TPSA) is 79.2 Å². The highest BCUT2D eigenvalue weighted by atomic mass is 32.1. The summed E-state index contributed by atoms with van der Waals surface area (Å²) in [6, 6.07) is 3.26. The normalized spacial score (nSPS) is 15.2. The van der Waals surface area contributed by atoms with Crippen LogP contribution in [0, 0.1) is 0 Å². The van der Waals surface area contributed by atoms with E-state index in [-0.39, 0.29) is 18.6 Å². The van der Waals surface area contributed by atoms with Gasteiger partial charge >= 0.3 is 6.03 Å². The largest absolute Gasteiger partial charge is 0.383 e. The van der Waals surface area contributed by atoms with Gasteiger partial charge in [-0.25, -0.2) is 4.79 Å². The van der Waals surface area contributed by atoms with Gasteiger partial charge in [0, 0.05) is 23.7 Å². The molecule has 0 aliphatic carbocycles. The minimum atomic E-state index is -1.07. The van der Waals surface area contributed by atoms with Crippen molar-refractivity contribution in [3.63, 3.8) is 0 Å². The highest BCUT2D eigenvalue weighted by molar-refractivity contribution is 7.10. The van der Waals surface area contributed by atoms with Crippen LogP contribution in [0.1, 0.15) is 30.3 Å². The van der Waals surface area contributed by atoms with Crippen LogP contribution in [0.2, 0.25) is 0 Å². The molecule has 0 spiro atoms. The van der Waals surface area contributed by atoms with E-state index in [0.717, 1.165) is 10.4 Å². The molecule has 2 amide bonds. The van der Waals surface area contributed by atoms with Gasteiger partial charge in [-0.3, -0.25) is 4.68 Å². The summed E-state index contributed by atoms with van der Waals surface area (Å²) in [7, 11) is 1.83. The summed E-state index contributed by atoms with van der Waals surface area (Å²) in [6.45, 7) is 3.72. The van der Waals surface area contributed by atoms with Gasteiger partial charge in [0.25, 0.3) is 0 Å². The van der Waals surface area contributed by atoms with Crippen molar-refractivity contribution in [1.29, 1.82) is 0 Å². The average molecular weight is 308 g/mol. The number of aliphatic hydroxyl groups is 1. The van der Waals surface area contributed by atoms with Crippen molar-refractivity contribution in [2.24, 2.45) is 7.05 Å². The molecule has 0 radical (unpaired) electrons. The number of carbonyl (C=O) groups excluding carboxylic acids is 1. The molecule has 7 heteroatoms. The molecule has 0 saturated carbocycles. The third kappa shape index (κ3) is 4.05. The zero-order valence-electron chi connectivity index (χ0n) is 12.3. The summed E-state index contributed by atoms with van der Waals surface area (Å²) in [6.07, 6.45) is 3.57. The standard InChI is InChI=1S/C14H20N4O2S/c1-10(11-7-16-18(3)8-11)17-13(19)15-9-14(2,20)12-5-4-6-21-12/h4-8,10,20H,9H2,1-3H3,(H2,15,17,19). The van der Waals surface area contributed by atoms with Crippen molar-refractivity contribution in [2.45, 2.75) is 25.5 Å². The van der Waals surface area contributed by atoms with Crippen molar-refractivity contribution >= 4 is 17.4 Å². The molecular formula is C14H20N4O2S. The van der Waals surface area contributed by atoms with Crippen LogP contribution in [-0.2, 0) is 12.6 Å². The van der Waals surface area contributed by atoms with Crippen LogP contribution >= 0.6 is 11.3 Å². The van der Waals surface area contributed by atoms with Crippen LogP contribution in [-0.4, -0.2) is 27.5 Å². The van der Waals surface area contributed by atoms with E-state index in [1.54, 1.807) is 17.8 Å². The quantitative estimate of drug-likeness (QED) is 0.787. The first-order chi connectivity index (χ1) is 9.88. The molecule has 2 unspecified atom stereocenters. The summed E-state index contributed by atoms with van der Waals surface area (Å²) in [5.41, 5.74) is -0.138. The number of carbonyl (C=O) groups is 1. The number of amides is 2. The second-order valence-corrected chi connectivity index (χ2v) is 6.19. The minimum Gasteiger partial charge on any atom is -0.383 e. The summed E-state index contributed by atoms with van der Waals surface area (Å²) in [5.74, 6) is 0. The number of hydrogen-bond acceptors (Lipinski definition) is 4. The van der Waals surface area contributed by atoms with Crippen LogP contribution < -0.4 is 10.6 Å². The molecule has 2 aromatic rings. The predicted octanol–water partition coefficient (Wildman–Crippen LogP) is 1.75. The lowest BCUT2D eigenvalue weighted by Crippen LogP contribution is -2.43. The molecule has 114 valence electrons. The first-order valence-corrected chi connectivity index (χ1v) is 7.56. The van der Waals surface area contributed by atoms with E-state index in [1.807, 2.05) is 37.7 Å². The second-order valence-electron chi connectivity index (χ2n) is 5.25. The highest BCUT2D eigenvalue weighted by Gasteiger charge is 2.25. The van der Waals surface area contributed by atoms with E-state index in [9.17, 15) is 9.90 Å². The Morgan fingerprint density at radius 1 is 1.62 bits per heavy atom. The predicted molar refractivity (Wildman–Crippen MR) is 82.0 cm³/mol. The van der Waals surface area contributed by atoms with E-state index in [2.05, 4.69) is 15.7 Å². The lowest BCUT2D eigenvalue weighted by Gasteiger charge is -2.23. The van der Waals surface area contributed by atoms with Crippen molar-refractivity contribution in [3.8, 4) is 0 Å². The summed E-state index contributed by atoms with van der Waals surface area (Å²) in [5, 5.41) is 21.8. The molecule has 3 N–H and O–H groups in total. The molecule has 21 heavy (non-hydrogen) atoms. The molecular weight excluding hydrogens is 288 g/mol. The van der Waals surface area contributed by atoms with E-state index in [1.165, 1.54) is 11.3 Å². The van der Waals surface area contributed by atoms with Crippen LogP contribution in [0.15, 0.2) is 29.9 Å². The van der Waals surface area contributed by atoms with Gasteiger partial charge in [0.1, 0.15) is 5.60 Å². The fourth-order valence-corrected chi connectivity index (χ4v) is 2.71. The molecule has 0 aliphatic rings. The minimum absolute atomic E-state index is 0.148. The van der Waals surface area contributed by atoms with Gasteiger partial charge in [-0.05, 0) is 25.3 Å². The fraction of sp³-hybridized carbons (Fsp3) is 0.429. The lowest BCUT2D eigenvalue weighted by molar-refractivity contribution is 0.0630. The SMILES string of the molecule is CC(NC(=O)NCC(C)(O)c1cccs1)c1cnn(C)c1. The van der Waals surface area contributed by atoms with Gasteiger partial charge in [0.05, 0.1) is 18.8 Å². The van der Waals surface area contributed by atoms with Crippen LogP contribution in [0.5, 0.6) is 0 Å². The molecule has 6 nitrogen and oxygen atoms in total. The number of aryl methyl sites for hydroxylation is 1. The maximum Gasteiger partial charge on any atom is 0.315 e. The van der Waals surface area contributed by atoms with Gasteiger partial charge in [-0.1, -0.05) is 6.07 Å². The van der Waals surface area contributed by atoms with Crippen LogP contribution in [0.4, 0.5) is 4.79 Å². The van der Waals surface area contributed by atoms with E-state index < -0.39 is 5.60 Å². The third-order valence-electron chi connectivity index (χ3n) is 3.22. The molecule has 2 atom stereocenters. The smallest absolute Gasteiger partial charge is 0.315 e. The Hall–Kier alpha value is -1.86. The molecule has 0 saturated heterocycles. The number of hydrogen-bond donors (Lipinski definition) is 3. The lowest BCUT2D eigenvalue weighted by atomic mass is 10.1. The van der Waals surface area contributed by atoms with Crippen LogP contribution in [0.25, 0.3) is 0 Å². The number of aromatic nitrogens is 2. The zero-order valence-corrected chi connectivity index (χ0v) is 13.1. The number of nitrogens with one attached hydrogen (secondary N) is 2. The number of rotatable bonds is 5. The summed E-state index contributed by atoms with van der Waals surface area (Å²) in [4.78, 5) is 12.7. The Balaban J connectivity index is 1.85. The molecule has 2 aromatic heterocycles. The van der Waals surface area contributed by atoms with E-state index >= 15 is 0 Å². The maximum atomic E-state index is 11.9. The Morgan fingerprint density at radius 2 is 2.38 bits per heavy atom. The Bertz CT molecular complexity index is 592. The molecule has 2 rings (SSSR count). The number of thiophene rings is 1. The van der Waals surface area contributed by atoms with Crippen molar-refractivity contribution in [1.82, 2.24) is 20.4 Å². The first-order valence-electron chi connectivity index (χ1n) is 6.68. The van der Waals surface area contributed by atoms with Gasteiger partial charge < -0.3 is 15.7 Å². The molecule has 0 aliphatic heterocycles. The van der Waals surface area contributed by atoms with Gasteiger partial charge in [0.2, 0.25) is 0 Å². The third-order valence-corrected chi connectivity index (χ3v) is 4.34. The fourth-order valence-electron chi connectivity index (χ4n) is 1.92. The number of urea groups is 1. The van der Waals surface area contributed by atoms with E-state index in [4.69, 9.17) is 0 Å². The Morgan fingerprint density at radius 3 is 2.95 bits per heavy atom. The van der Waals surface area contributed by atoms with Crippen molar-refractivity contribution in [3.05, 3.63) is 40.3 Å². The highest BCUT2D eigenvalue weighted by Crippen LogP contribution is 2.24. The summed E-state index contributed by atoms with van der Waals surface area (Å²) >= 11 is 1.46. The van der Waals surface area contributed by atoms with Crippen molar-refractivity contribution in [2.75, 3.05) is 6.54 Å². The van der Waals surface area contributed by atoms with Gasteiger partial charge in [-0.15, -0.1) is 11.3 Å². The first kappa shape index (κ1) is 15.5. The molecule has 0 aromatic carbocycles. The second kappa shape index (κ2) is 6.28. The molecule has 0 fully saturated rings. The molecule has 2 heterocycles. The molecule has 0 bridgehead atoms. The monoisotopic (exact) mass is 308 g/mol. The van der Waals surface area contributed by atoms with Gasteiger partial charge in [-0.2, -0.15) is 5.10 Å². The number of nitrogens with zero attached hydrogens (tertiary/aromatic N) is 2.